The SMILES string of the molecule is CC(C)CN(C1CCCC1)S(=O)(=O)c1ccccc1. The van der Waals surface area contributed by atoms with Gasteiger partial charge in [0, 0.05) is 12.6 Å². The van der Waals surface area contributed by atoms with E-state index in [0.717, 1.165) is 25.7 Å². The largest absolute Gasteiger partial charge is 0.243 e. The van der Waals surface area contributed by atoms with Gasteiger partial charge in [-0.05, 0) is 30.9 Å². The van der Waals surface area contributed by atoms with E-state index in [1.807, 2.05) is 6.07 Å². The van der Waals surface area contributed by atoms with Crippen LogP contribution in [0.15, 0.2) is 35.2 Å². The minimum Gasteiger partial charge on any atom is -0.207 e. The Labute approximate surface area is 116 Å². The molecule has 1 aromatic rings. The van der Waals surface area contributed by atoms with Crippen molar-refractivity contribution in [3.05, 3.63) is 30.3 Å². The molecule has 1 fully saturated rings. The summed E-state index contributed by atoms with van der Waals surface area (Å²) in [5.41, 5.74) is 0. The summed E-state index contributed by atoms with van der Waals surface area (Å²) in [6, 6.07) is 8.99. The van der Waals surface area contributed by atoms with Crippen LogP contribution in [0.25, 0.3) is 0 Å². The van der Waals surface area contributed by atoms with Gasteiger partial charge in [-0.15, -0.1) is 0 Å². The van der Waals surface area contributed by atoms with Crippen molar-refractivity contribution in [2.45, 2.75) is 50.5 Å². The van der Waals surface area contributed by atoms with Crippen molar-refractivity contribution >= 4 is 10.0 Å². The summed E-state index contributed by atoms with van der Waals surface area (Å²) < 4.78 is 27.3. The van der Waals surface area contributed by atoms with Crippen LogP contribution in [0.1, 0.15) is 39.5 Å². The average molecular weight is 281 g/mol. The number of sulfonamides is 1. The molecule has 0 amide bonds. The molecule has 0 radical (unpaired) electrons. The first-order valence-corrected chi connectivity index (χ1v) is 8.52. The van der Waals surface area contributed by atoms with E-state index >= 15 is 0 Å². The summed E-state index contributed by atoms with van der Waals surface area (Å²) in [4.78, 5) is 0.419. The van der Waals surface area contributed by atoms with Crippen LogP contribution in [-0.4, -0.2) is 25.3 Å². The first-order chi connectivity index (χ1) is 9.01. The van der Waals surface area contributed by atoms with Crippen LogP contribution < -0.4 is 0 Å². The third-order valence-electron chi connectivity index (χ3n) is 3.63. The zero-order valence-electron chi connectivity index (χ0n) is 11.7. The van der Waals surface area contributed by atoms with Crippen molar-refractivity contribution in [1.29, 1.82) is 0 Å². The molecule has 0 aliphatic heterocycles. The topological polar surface area (TPSA) is 37.4 Å². The minimum atomic E-state index is -3.35. The van der Waals surface area contributed by atoms with Crippen molar-refractivity contribution in [2.75, 3.05) is 6.54 Å². The second-order valence-electron chi connectivity index (χ2n) is 5.72. The van der Waals surface area contributed by atoms with Gasteiger partial charge in [0.15, 0.2) is 0 Å². The minimum absolute atomic E-state index is 0.188. The number of rotatable bonds is 5. The van der Waals surface area contributed by atoms with E-state index in [0.29, 0.717) is 17.4 Å². The highest BCUT2D eigenvalue weighted by molar-refractivity contribution is 7.89. The fourth-order valence-electron chi connectivity index (χ4n) is 2.72. The Morgan fingerprint density at radius 1 is 1.16 bits per heavy atom. The molecule has 0 aromatic heterocycles. The first-order valence-electron chi connectivity index (χ1n) is 7.08. The molecular weight excluding hydrogens is 258 g/mol. The molecule has 2 rings (SSSR count). The molecule has 0 N–H and O–H groups in total. The maximum absolute atomic E-state index is 12.8. The molecule has 0 bridgehead atoms. The maximum Gasteiger partial charge on any atom is 0.243 e. The average Bonchev–Trinajstić information content (AvgIpc) is 2.90. The lowest BCUT2D eigenvalue weighted by Gasteiger charge is -2.29. The van der Waals surface area contributed by atoms with Gasteiger partial charge in [0.25, 0.3) is 0 Å². The predicted octanol–water partition coefficient (Wildman–Crippen LogP) is 3.28. The van der Waals surface area contributed by atoms with E-state index in [9.17, 15) is 8.42 Å². The van der Waals surface area contributed by atoms with Crippen LogP contribution in [0.3, 0.4) is 0 Å². The predicted molar refractivity (Wildman–Crippen MR) is 77.4 cm³/mol. The molecule has 1 aromatic carbocycles. The van der Waals surface area contributed by atoms with Crippen LogP contribution in [0.4, 0.5) is 0 Å². The summed E-state index contributed by atoms with van der Waals surface area (Å²) in [7, 11) is -3.35. The molecule has 106 valence electrons. The van der Waals surface area contributed by atoms with Gasteiger partial charge in [0.05, 0.1) is 4.90 Å². The van der Waals surface area contributed by atoms with Crippen LogP contribution in [0.2, 0.25) is 0 Å². The number of hydrogen-bond donors (Lipinski definition) is 0. The molecule has 1 aliphatic rings. The third kappa shape index (κ3) is 3.37. The number of nitrogens with zero attached hydrogens (tertiary/aromatic N) is 1. The van der Waals surface area contributed by atoms with Crippen molar-refractivity contribution in [1.82, 2.24) is 4.31 Å². The van der Waals surface area contributed by atoms with E-state index in [4.69, 9.17) is 0 Å². The van der Waals surface area contributed by atoms with Gasteiger partial charge in [-0.25, -0.2) is 8.42 Å². The Hall–Kier alpha value is -0.870. The first kappa shape index (κ1) is 14.5. The Balaban J connectivity index is 2.31. The Bertz CT molecular complexity index is 490. The molecule has 1 aliphatic carbocycles. The highest BCUT2D eigenvalue weighted by Crippen LogP contribution is 2.29. The van der Waals surface area contributed by atoms with Gasteiger partial charge < -0.3 is 0 Å². The maximum atomic E-state index is 12.8. The molecule has 0 atom stereocenters. The molecular formula is C15H23NO2S. The molecule has 0 spiro atoms. The van der Waals surface area contributed by atoms with Gasteiger partial charge >= 0.3 is 0 Å². The lowest BCUT2D eigenvalue weighted by Crippen LogP contribution is -2.41. The summed E-state index contributed by atoms with van der Waals surface area (Å²) in [6.45, 7) is 4.76. The quantitative estimate of drug-likeness (QED) is 0.830. The monoisotopic (exact) mass is 281 g/mol. The van der Waals surface area contributed by atoms with Crippen molar-refractivity contribution in [3.8, 4) is 0 Å². The fourth-order valence-corrected chi connectivity index (χ4v) is 4.59. The molecule has 0 saturated heterocycles. The van der Waals surface area contributed by atoms with Crippen LogP contribution in [-0.2, 0) is 10.0 Å². The zero-order chi connectivity index (χ0) is 13.9. The number of benzene rings is 1. The van der Waals surface area contributed by atoms with Crippen molar-refractivity contribution in [3.63, 3.8) is 0 Å². The standard InChI is InChI=1S/C15H23NO2S/c1-13(2)12-16(14-8-6-7-9-14)19(17,18)15-10-4-3-5-11-15/h3-5,10-11,13-14H,6-9,12H2,1-2H3. The van der Waals surface area contributed by atoms with E-state index < -0.39 is 10.0 Å². The second kappa shape index (κ2) is 6.06. The summed E-state index contributed by atoms with van der Waals surface area (Å²) >= 11 is 0. The van der Waals surface area contributed by atoms with E-state index in [1.165, 1.54) is 0 Å². The highest BCUT2D eigenvalue weighted by Gasteiger charge is 2.33. The van der Waals surface area contributed by atoms with Crippen molar-refractivity contribution in [2.24, 2.45) is 5.92 Å². The molecule has 0 unspecified atom stereocenters. The lowest BCUT2D eigenvalue weighted by molar-refractivity contribution is 0.292. The van der Waals surface area contributed by atoms with Crippen LogP contribution in [0, 0.1) is 5.92 Å². The lowest BCUT2D eigenvalue weighted by atomic mass is 10.2. The van der Waals surface area contributed by atoms with E-state index in [-0.39, 0.29) is 6.04 Å². The second-order valence-corrected chi connectivity index (χ2v) is 7.61. The summed E-state index contributed by atoms with van der Waals surface area (Å²) in [5, 5.41) is 0. The van der Waals surface area contributed by atoms with Crippen LogP contribution >= 0.6 is 0 Å². The molecule has 3 nitrogen and oxygen atoms in total. The number of hydrogen-bond acceptors (Lipinski definition) is 2. The summed E-state index contributed by atoms with van der Waals surface area (Å²) in [6.07, 6.45) is 4.28. The van der Waals surface area contributed by atoms with Gasteiger partial charge in [-0.2, -0.15) is 4.31 Å². The summed E-state index contributed by atoms with van der Waals surface area (Å²) in [5.74, 6) is 0.346. The fraction of sp³-hybridized carbons (Fsp3) is 0.600. The van der Waals surface area contributed by atoms with Crippen LogP contribution in [0.5, 0.6) is 0 Å². The molecule has 19 heavy (non-hydrogen) atoms. The van der Waals surface area contributed by atoms with Crippen molar-refractivity contribution < 1.29 is 8.42 Å². The van der Waals surface area contributed by atoms with E-state index in [1.54, 1.807) is 28.6 Å². The Morgan fingerprint density at radius 2 is 1.74 bits per heavy atom. The smallest absolute Gasteiger partial charge is 0.207 e. The van der Waals surface area contributed by atoms with Gasteiger partial charge in [-0.1, -0.05) is 44.9 Å². The van der Waals surface area contributed by atoms with Gasteiger partial charge in [-0.3, -0.25) is 0 Å². The molecule has 1 saturated carbocycles. The normalized spacial score (nSPS) is 17.5. The Morgan fingerprint density at radius 3 is 2.26 bits per heavy atom. The molecule has 0 heterocycles. The van der Waals surface area contributed by atoms with E-state index in [2.05, 4.69) is 13.8 Å². The zero-order valence-corrected chi connectivity index (χ0v) is 12.6. The Kier molecular flexibility index (Phi) is 4.63. The third-order valence-corrected chi connectivity index (χ3v) is 5.56. The highest BCUT2D eigenvalue weighted by atomic mass is 32.2. The molecule has 4 heteroatoms. The van der Waals surface area contributed by atoms with Gasteiger partial charge in [0.1, 0.15) is 0 Å². The van der Waals surface area contributed by atoms with Gasteiger partial charge in [0.2, 0.25) is 10.0 Å².